The zero-order valence-electron chi connectivity index (χ0n) is 16.0. The van der Waals surface area contributed by atoms with E-state index in [1.807, 2.05) is 43.3 Å². The molecule has 27 heavy (non-hydrogen) atoms. The lowest BCUT2D eigenvalue weighted by Crippen LogP contribution is -2.36. The molecule has 0 aliphatic carbocycles. The third kappa shape index (κ3) is 5.66. The first kappa shape index (κ1) is 19.1. The number of carbonyl (C=O) groups is 1. The van der Waals surface area contributed by atoms with Gasteiger partial charge in [-0.05, 0) is 56.0 Å². The summed E-state index contributed by atoms with van der Waals surface area (Å²) in [6, 6.07) is 15.6. The van der Waals surface area contributed by atoms with Crippen molar-refractivity contribution in [2.45, 2.75) is 39.2 Å². The van der Waals surface area contributed by atoms with E-state index in [4.69, 9.17) is 4.74 Å². The van der Waals surface area contributed by atoms with Gasteiger partial charge in [-0.15, -0.1) is 0 Å². The molecule has 5 heteroatoms. The van der Waals surface area contributed by atoms with Gasteiger partial charge in [0, 0.05) is 17.9 Å². The zero-order valence-corrected chi connectivity index (χ0v) is 16.0. The largest absolute Gasteiger partial charge is 0.376 e. The fourth-order valence-electron chi connectivity index (χ4n) is 2.94. The number of rotatable bonds is 5. The number of anilines is 1. The second kappa shape index (κ2) is 9.33. The molecule has 1 aliphatic rings. The fourth-order valence-corrected chi connectivity index (χ4v) is 2.94. The van der Waals surface area contributed by atoms with Gasteiger partial charge in [0.25, 0.3) is 5.91 Å². The van der Waals surface area contributed by atoms with Gasteiger partial charge in [-0.3, -0.25) is 10.1 Å². The minimum atomic E-state index is -0.182. The quantitative estimate of drug-likeness (QED) is 0.623. The van der Waals surface area contributed by atoms with Crippen LogP contribution in [-0.4, -0.2) is 31.1 Å². The first-order valence-electron chi connectivity index (χ1n) is 9.54. The van der Waals surface area contributed by atoms with Crippen molar-refractivity contribution in [1.29, 1.82) is 0 Å². The van der Waals surface area contributed by atoms with E-state index >= 15 is 0 Å². The molecule has 3 rings (SSSR count). The molecule has 1 saturated heterocycles. The summed E-state index contributed by atoms with van der Waals surface area (Å²) in [4.78, 5) is 17.2. The SMILES string of the molecule is CCc1ccc(NC(=NC[C@H]2CCCO2)NC(=O)c2ccc(C)cc2)cc1. The molecule has 0 unspecified atom stereocenters. The number of aliphatic imine (C=N–C) groups is 1. The van der Waals surface area contributed by atoms with E-state index in [1.165, 1.54) is 5.56 Å². The molecule has 1 aliphatic heterocycles. The van der Waals surface area contributed by atoms with Gasteiger partial charge in [-0.25, -0.2) is 4.99 Å². The van der Waals surface area contributed by atoms with Gasteiger partial charge in [0.1, 0.15) is 0 Å². The Bertz CT molecular complexity index is 776. The van der Waals surface area contributed by atoms with Gasteiger partial charge in [0.15, 0.2) is 0 Å². The Morgan fingerprint density at radius 3 is 2.52 bits per heavy atom. The number of aryl methyl sites for hydroxylation is 2. The highest BCUT2D eigenvalue weighted by Gasteiger charge is 2.16. The maximum Gasteiger partial charge on any atom is 0.257 e. The number of nitrogens with zero attached hydrogens (tertiary/aromatic N) is 1. The summed E-state index contributed by atoms with van der Waals surface area (Å²) in [5, 5.41) is 6.13. The monoisotopic (exact) mass is 365 g/mol. The lowest BCUT2D eigenvalue weighted by Gasteiger charge is -2.14. The standard InChI is InChI=1S/C22H27N3O2/c1-3-17-8-12-19(13-9-17)24-22(23-15-20-5-4-14-27-20)25-21(26)18-10-6-16(2)7-11-18/h6-13,20H,3-5,14-15H2,1-2H3,(H2,23,24,25,26)/t20-/m1/s1. The molecule has 0 saturated carbocycles. The average Bonchev–Trinajstić information content (AvgIpc) is 3.21. The van der Waals surface area contributed by atoms with Crippen LogP contribution in [0.15, 0.2) is 53.5 Å². The number of carbonyl (C=O) groups excluding carboxylic acids is 1. The van der Waals surface area contributed by atoms with E-state index in [2.05, 4.69) is 34.7 Å². The zero-order chi connectivity index (χ0) is 19.1. The highest BCUT2D eigenvalue weighted by molar-refractivity contribution is 6.09. The maximum absolute atomic E-state index is 12.6. The predicted molar refractivity (Wildman–Crippen MR) is 109 cm³/mol. The van der Waals surface area contributed by atoms with Crippen molar-refractivity contribution in [2.24, 2.45) is 4.99 Å². The molecule has 1 heterocycles. The molecule has 5 nitrogen and oxygen atoms in total. The Kier molecular flexibility index (Phi) is 6.60. The topological polar surface area (TPSA) is 62.7 Å². The minimum absolute atomic E-state index is 0.126. The van der Waals surface area contributed by atoms with Crippen LogP contribution in [-0.2, 0) is 11.2 Å². The van der Waals surface area contributed by atoms with Crippen LogP contribution < -0.4 is 10.6 Å². The van der Waals surface area contributed by atoms with E-state index in [0.29, 0.717) is 18.1 Å². The van der Waals surface area contributed by atoms with E-state index in [9.17, 15) is 4.79 Å². The molecule has 2 aromatic carbocycles. The average molecular weight is 365 g/mol. The molecule has 0 spiro atoms. The van der Waals surface area contributed by atoms with Crippen molar-refractivity contribution >= 4 is 17.6 Å². The van der Waals surface area contributed by atoms with E-state index < -0.39 is 0 Å². The second-order valence-electron chi connectivity index (χ2n) is 6.82. The molecule has 2 aromatic rings. The Morgan fingerprint density at radius 2 is 1.89 bits per heavy atom. The van der Waals surface area contributed by atoms with Crippen LogP contribution in [0.4, 0.5) is 5.69 Å². The lowest BCUT2D eigenvalue weighted by atomic mass is 10.1. The Hall–Kier alpha value is -2.66. The van der Waals surface area contributed by atoms with Crippen molar-refractivity contribution < 1.29 is 9.53 Å². The molecule has 1 fully saturated rings. The highest BCUT2D eigenvalue weighted by atomic mass is 16.5. The van der Waals surface area contributed by atoms with Crippen LogP contribution in [0.1, 0.15) is 41.3 Å². The van der Waals surface area contributed by atoms with Gasteiger partial charge >= 0.3 is 0 Å². The molecule has 2 N–H and O–H groups in total. The van der Waals surface area contributed by atoms with Crippen LogP contribution in [0.2, 0.25) is 0 Å². The summed E-state index contributed by atoms with van der Waals surface area (Å²) >= 11 is 0. The fraction of sp³-hybridized carbons (Fsp3) is 0.364. The summed E-state index contributed by atoms with van der Waals surface area (Å²) in [7, 11) is 0. The number of amides is 1. The van der Waals surface area contributed by atoms with E-state index in [0.717, 1.165) is 37.1 Å². The molecule has 1 amide bonds. The van der Waals surface area contributed by atoms with Gasteiger partial charge in [0.05, 0.1) is 12.6 Å². The Balaban J connectivity index is 1.72. The van der Waals surface area contributed by atoms with Gasteiger partial charge in [0.2, 0.25) is 5.96 Å². The van der Waals surface area contributed by atoms with Crippen LogP contribution in [0.5, 0.6) is 0 Å². The molecule has 0 aromatic heterocycles. The van der Waals surface area contributed by atoms with Crippen LogP contribution in [0.3, 0.4) is 0 Å². The molecule has 0 radical (unpaired) electrons. The van der Waals surface area contributed by atoms with Crippen molar-refractivity contribution in [3.05, 3.63) is 65.2 Å². The number of hydrogen-bond acceptors (Lipinski definition) is 3. The highest BCUT2D eigenvalue weighted by Crippen LogP contribution is 2.13. The number of ether oxygens (including phenoxy) is 1. The number of hydrogen-bond donors (Lipinski definition) is 2. The molecule has 1 atom stereocenters. The molecule has 0 bridgehead atoms. The minimum Gasteiger partial charge on any atom is -0.376 e. The van der Waals surface area contributed by atoms with Gasteiger partial charge in [-0.1, -0.05) is 36.8 Å². The van der Waals surface area contributed by atoms with Crippen LogP contribution >= 0.6 is 0 Å². The third-order valence-corrected chi connectivity index (χ3v) is 4.65. The molecule has 142 valence electrons. The third-order valence-electron chi connectivity index (χ3n) is 4.65. The van der Waals surface area contributed by atoms with E-state index in [1.54, 1.807) is 0 Å². The normalized spacial score (nSPS) is 17.0. The lowest BCUT2D eigenvalue weighted by molar-refractivity contribution is 0.0975. The first-order chi connectivity index (χ1) is 13.1. The summed E-state index contributed by atoms with van der Waals surface area (Å²) in [6.07, 6.45) is 3.19. The van der Waals surface area contributed by atoms with Gasteiger partial charge in [-0.2, -0.15) is 0 Å². The Morgan fingerprint density at radius 1 is 1.15 bits per heavy atom. The van der Waals surface area contributed by atoms with E-state index in [-0.39, 0.29) is 12.0 Å². The van der Waals surface area contributed by atoms with Gasteiger partial charge < -0.3 is 10.1 Å². The molecular formula is C22H27N3O2. The summed E-state index contributed by atoms with van der Waals surface area (Å²) in [5.74, 6) is 0.263. The van der Waals surface area contributed by atoms with Crippen LogP contribution in [0, 0.1) is 6.92 Å². The summed E-state index contributed by atoms with van der Waals surface area (Å²) in [5.41, 5.74) is 3.88. The first-order valence-corrected chi connectivity index (χ1v) is 9.54. The summed E-state index contributed by atoms with van der Waals surface area (Å²) in [6.45, 7) is 5.44. The maximum atomic E-state index is 12.6. The van der Waals surface area contributed by atoms with Crippen LogP contribution in [0.25, 0.3) is 0 Å². The Labute approximate surface area is 160 Å². The van der Waals surface area contributed by atoms with Crippen molar-refractivity contribution in [3.63, 3.8) is 0 Å². The second-order valence-corrected chi connectivity index (χ2v) is 6.82. The number of benzene rings is 2. The number of guanidine groups is 1. The predicted octanol–water partition coefficient (Wildman–Crippen LogP) is 3.93. The van der Waals surface area contributed by atoms with Crippen molar-refractivity contribution in [2.75, 3.05) is 18.5 Å². The molecular weight excluding hydrogens is 338 g/mol. The summed E-state index contributed by atoms with van der Waals surface area (Å²) < 4.78 is 5.64. The smallest absolute Gasteiger partial charge is 0.257 e. The number of nitrogens with one attached hydrogen (secondary N) is 2. The van der Waals surface area contributed by atoms with Crippen molar-refractivity contribution in [3.8, 4) is 0 Å². The van der Waals surface area contributed by atoms with Crippen molar-refractivity contribution in [1.82, 2.24) is 5.32 Å².